The van der Waals surface area contributed by atoms with Crippen molar-refractivity contribution in [3.63, 3.8) is 0 Å². The molecule has 1 aromatic carbocycles. The number of ether oxygens (including phenoxy) is 1. The van der Waals surface area contributed by atoms with Crippen LogP contribution in [0.25, 0.3) is 0 Å². The number of benzene rings is 1. The molecule has 1 saturated heterocycles. The highest BCUT2D eigenvalue weighted by Crippen LogP contribution is 2.56. The lowest BCUT2D eigenvalue weighted by Crippen LogP contribution is -2.63. The van der Waals surface area contributed by atoms with Crippen molar-refractivity contribution in [1.82, 2.24) is 4.90 Å². The Morgan fingerprint density at radius 2 is 2.15 bits per heavy atom. The minimum Gasteiger partial charge on any atom is -0.497 e. The number of Topliss-reactive ketones (excluding diaryl/α,β-unsaturated/α-hetero) is 1. The Balaban J connectivity index is 1.56. The van der Waals surface area contributed by atoms with Crippen LogP contribution in [0, 0.1) is 17.8 Å². The summed E-state index contributed by atoms with van der Waals surface area (Å²) in [7, 11) is 1.75. The van der Waals surface area contributed by atoms with Gasteiger partial charge in [-0.3, -0.25) is 9.69 Å². The molecule has 0 aromatic heterocycles. The highest BCUT2D eigenvalue weighted by molar-refractivity contribution is 5.83. The Bertz CT molecular complexity index is 725. The highest BCUT2D eigenvalue weighted by atomic mass is 16.5. The third kappa shape index (κ3) is 2.39. The van der Waals surface area contributed by atoms with E-state index in [9.17, 15) is 4.79 Å². The van der Waals surface area contributed by atoms with Crippen molar-refractivity contribution >= 4 is 5.78 Å². The quantitative estimate of drug-likeness (QED) is 0.823. The molecule has 1 aromatic rings. The Morgan fingerprint density at radius 3 is 2.88 bits per heavy atom. The molecule has 0 amide bonds. The molecule has 26 heavy (non-hydrogen) atoms. The van der Waals surface area contributed by atoms with Gasteiger partial charge >= 0.3 is 0 Å². The summed E-state index contributed by atoms with van der Waals surface area (Å²) in [5.41, 5.74) is 2.96. The molecule has 1 aliphatic heterocycles. The van der Waals surface area contributed by atoms with Gasteiger partial charge in [0.25, 0.3) is 0 Å². The van der Waals surface area contributed by atoms with Crippen LogP contribution >= 0.6 is 0 Å². The molecule has 0 unspecified atom stereocenters. The number of likely N-dealkylation sites (tertiary alicyclic amines) is 1. The summed E-state index contributed by atoms with van der Waals surface area (Å²) in [6.45, 7) is 4.60. The van der Waals surface area contributed by atoms with E-state index in [0.717, 1.165) is 43.9 Å². The molecule has 0 spiro atoms. The fourth-order valence-corrected chi connectivity index (χ4v) is 6.40. The first-order chi connectivity index (χ1) is 12.6. The van der Waals surface area contributed by atoms with Crippen LogP contribution in [0.1, 0.15) is 56.6 Å². The molecule has 140 valence electrons. The third-order valence-electron chi connectivity index (χ3n) is 8.14. The van der Waals surface area contributed by atoms with E-state index in [1.54, 1.807) is 7.11 Å². The molecule has 3 fully saturated rings. The predicted molar refractivity (Wildman–Crippen MR) is 103 cm³/mol. The van der Waals surface area contributed by atoms with Crippen molar-refractivity contribution < 1.29 is 9.53 Å². The number of carbonyl (C=O) groups excluding carboxylic acids is 1. The molecule has 4 aliphatic rings. The number of fused-ring (bicyclic) bond motifs is 1. The number of ketones is 1. The van der Waals surface area contributed by atoms with Gasteiger partial charge in [0.15, 0.2) is 0 Å². The van der Waals surface area contributed by atoms with Crippen molar-refractivity contribution in [2.75, 3.05) is 20.2 Å². The van der Waals surface area contributed by atoms with E-state index in [2.05, 4.69) is 30.0 Å². The van der Waals surface area contributed by atoms with Crippen LogP contribution in [0.4, 0.5) is 0 Å². The third-order valence-corrected chi connectivity index (χ3v) is 8.14. The summed E-state index contributed by atoms with van der Waals surface area (Å²) in [4.78, 5) is 15.6. The maximum Gasteiger partial charge on any atom is 0.136 e. The van der Waals surface area contributed by atoms with Gasteiger partial charge in [-0.05, 0) is 73.7 Å². The molecule has 2 saturated carbocycles. The SMILES string of the molecule is COc1ccc2c(c1)[C@]13CCN(CC4CCC4)[C@H](C2)[C@@H]1C[C@H](C)C(=O)C3. The van der Waals surface area contributed by atoms with Crippen LogP contribution in [0.2, 0.25) is 0 Å². The van der Waals surface area contributed by atoms with E-state index < -0.39 is 0 Å². The van der Waals surface area contributed by atoms with Gasteiger partial charge in [-0.1, -0.05) is 19.4 Å². The number of nitrogens with zero attached hydrogens (tertiary/aromatic N) is 1. The van der Waals surface area contributed by atoms with E-state index in [0.29, 0.717) is 17.7 Å². The first kappa shape index (κ1) is 16.8. The largest absolute Gasteiger partial charge is 0.497 e. The molecule has 5 rings (SSSR count). The average molecular weight is 354 g/mol. The number of piperidine rings is 1. The van der Waals surface area contributed by atoms with E-state index in [1.807, 2.05) is 0 Å². The fraction of sp³-hybridized carbons (Fsp3) is 0.696. The maximum absolute atomic E-state index is 12.8. The van der Waals surface area contributed by atoms with Gasteiger partial charge in [-0.25, -0.2) is 0 Å². The number of rotatable bonds is 3. The van der Waals surface area contributed by atoms with Crippen molar-refractivity contribution in [1.29, 1.82) is 0 Å². The zero-order chi connectivity index (χ0) is 17.9. The fourth-order valence-electron chi connectivity index (χ4n) is 6.40. The lowest BCUT2D eigenvalue weighted by molar-refractivity contribution is -0.132. The summed E-state index contributed by atoms with van der Waals surface area (Å²) >= 11 is 0. The Hall–Kier alpha value is -1.35. The second kappa shape index (κ2) is 6.09. The van der Waals surface area contributed by atoms with Crippen LogP contribution < -0.4 is 4.74 Å². The molecule has 3 heteroatoms. The van der Waals surface area contributed by atoms with Crippen LogP contribution in [0.3, 0.4) is 0 Å². The van der Waals surface area contributed by atoms with Crippen molar-refractivity contribution in [2.24, 2.45) is 17.8 Å². The summed E-state index contributed by atoms with van der Waals surface area (Å²) < 4.78 is 5.54. The van der Waals surface area contributed by atoms with Crippen molar-refractivity contribution in [2.45, 2.75) is 63.3 Å². The molecule has 0 N–H and O–H groups in total. The Kier molecular flexibility index (Phi) is 3.93. The van der Waals surface area contributed by atoms with Crippen molar-refractivity contribution in [3.8, 4) is 5.75 Å². The van der Waals surface area contributed by atoms with E-state index in [-0.39, 0.29) is 11.3 Å². The summed E-state index contributed by atoms with van der Waals surface area (Å²) in [6.07, 6.45) is 8.36. The molecule has 2 bridgehead atoms. The van der Waals surface area contributed by atoms with Crippen LogP contribution in [0.5, 0.6) is 5.75 Å². The minimum atomic E-state index is 0.0620. The minimum absolute atomic E-state index is 0.0620. The van der Waals surface area contributed by atoms with Gasteiger partial charge < -0.3 is 4.74 Å². The van der Waals surface area contributed by atoms with E-state index in [4.69, 9.17) is 4.74 Å². The van der Waals surface area contributed by atoms with Crippen LogP contribution in [0.15, 0.2) is 18.2 Å². The van der Waals surface area contributed by atoms with Crippen LogP contribution in [-0.2, 0) is 16.6 Å². The van der Waals surface area contributed by atoms with Gasteiger partial charge in [-0.15, -0.1) is 0 Å². The van der Waals surface area contributed by atoms with E-state index in [1.165, 1.54) is 36.9 Å². The molecule has 4 atom stereocenters. The second-order valence-electron chi connectivity index (χ2n) is 9.38. The zero-order valence-electron chi connectivity index (χ0n) is 16.2. The monoisotopic (exact) mass is 353 g/mol. The topological polar surface area (TPSA) is 29.5 Å². The van der Waals surface area contributed by atoms with E-state index >= 15 is 0 Å². The van der Waals surface area contributed by atoms with Gasteiger partial charge in [0.1, 0.15) is 11.5 Å². The standard InChI is InChI=1S/C23H31NO2/c1-15-10-20-21-11-17-6-7-18(26-2)12-19(17)23(20,13-22(15)25)8-9-24(21)14-16-4-3-5-16/h6-7,12,15-16,20-21H,3-5,8-11,13-14H2,1-2H3/t15-,20-,21+,23+/m0/s1. The lowest BCUT2D eigenvalue weighted by atomic mass is 9.50. The smallest absolute Gasteiger partial charge is 0.136 e. The molecule has 3 nitrogen and oxygen atoms in total. The molecule has 1 heterocycles. The van der Waals surface area contributed by atoms with Gasteiger partial charge in [0.2, 0.25) is 0 Å². The highest BCUT2D eigenvalue weighted by Gasteiger charge is 2.57. The molecule has 0 radical (unpaired) electrons. The maximum atomic E-state index is 12.8. The second-order valence-corrected chi connectivity index (χ2v) is 9.38. The first-order valence-electron chi connectivity index (χ1n) is 10.5. The summed E-state index contributed by atoms with van der Waals surface area (Å²) in [5.74, 6) is 3.19. The summed E-state index contributed by atoms with van der Waals surface area (Å²) in [5, 5.41) is 0. The Labute approximate surface area is 157 Å². The molecular weight excluding hydrogens is 322 g/mol. The van der Waals surface area contributed by atoms with Gasteiger partial charge in [0.05, 0.1) is 7.11 Å². The van der Waals surface area contributed by atoms with Crippen molar-refractivity contribution in [3.05, 3.63) is 29.3 Å². The van der Waals surface area contributed by atoms with Gasteiger partial charge in [0, 0.05) is 30.3 Å². The van der Waals surface area contributed by atoms with Gasteiger partial charge in [-0.2, -0.15) is 0 Å². The number of carbonyl (C=O) groups is 1. The zero-order valence-corrected chi connectivity index (χ0v) is 16.2. The van der Waals surface area contributed by atoms with Crippen LogP contribution in [-0.4, -0.2) is 36.9 Å². The molecule has 3 aliphatic carbocycles. The number of hydrogen-bond acceptors (Lipinski definition) is 3. The Morgan fingerprint density at radius 1 is 1.31 bits per heavy atom. The first-order valence-corrected chi connectivity index (χ1v) is 10.5. The lowest BCUT2D eigenvalue weighted by Gasteiger charge is -2.60. The molecular formula is C23H31NO2. The number of methoxy groups -OCH3 is 1. The predicted octanol–water partition coefficient (Wildman–Crippen LogP) is 3.98. The summed E-state index contributed by atoms with van der Waals surface area (Å²) in [6, 6.07) is 7.26. The average Bonchev–Trinajstić information content (AvgIpc) is 2.60. The normalized spacial score (nSPS) is 36.8. The number of hydrogen-bond donors (Lipinski definition) is 0.